The Balaban J connectivity index is 1.58. The van der Waals surface area contributed by atoms with Gasteiger partial charge in [-0.15, -0.1) is 0 Å². The molecule has 0 spiro atoms. The lowest BCUT2D eigenvalue weighted by molar-refractivity contribution is -0.139. The molecule has 3 rings (SSSR count). The van der Waals surface area contributed by atoms with E-state index in [1.165, 1.54) is 0 Å². The average Bonchev–Trinajstić information content (AvgIpc) is 3.00. The van der Waals surface area contributed by atoms with Crippen LogP contribution < -0.4 is 4.74 Å². The van der Waals surface area contributed by atoms with E-state index in [0.29, 0.717) is 24.1 Å². The number of hydrogen-bond donors (Lipinski definition) is 1. The highest BCUT2D eigenvalue weighted by Gasteiger charge is 2.31. The second-order valence-corrected chi connectivity index (χ2v) is 6.55. The molecule has 0 aromatic heterocycles. The zero-order chi connectivity index (χ0) is 16.9. The van der Waals surface area contributed by atoms with Gasteiger partial charge in [0.2, 0.25) is 5.91 Å². The summed E-state index contributed by atoms with van der Waals surface area (Å²) in [7, 11) is 0. The number of carboxylic acid groups (broad SMARTS) is 1. The molecule has 0 saturated carbocycles. The smallest absolute Gasteiger partial charge is 0.341 e. The lowest BCUT2D eigenvalue weighted by atomic mass is 10.0. The van der Waals surface area contributed by atoms with Gasteiger partial charge in [-0.25, -0.2) is 4.79 Å². The molecule has 0 unspecified atom stereocenters. The summed E-state index contributed by atoms with van der Waals surface area (Å²) in [5.41, 5.74) is 1.10. The second-order valence-electron chi connectivity index (χ2n) is 6.55. The fourth-order valence-corrected chi connectivity index (χ4v) is 3.62. The van der Waals surface area contributed by atoms with Crippen molar-refractivity contribution in [3.8, 4) is 5.75 Å². The number of hydrogen-bond acceptors (Lipinski definition) is 4. The largest absolute Gasteiger partial charge is 0.482 e. The molecular weight excluding hydrogens is 308 g/mol. The SMILES string of the molecule is O=C(O)COc1cccc(CN2CCC[C@@H](N3CCCC3=O)C2)c1. The van der Waals surface area contributed by atoms with Crippen molar-refractivity contribution in [3.63, 3.8) is 0 Å². The van der Waals surface area contributed by atoms with Crippen molar-refractivity contribution in [2.24, 2.45) is 0 Å². The standard InChI is InChI=1S/C18H24N2O4/c21-17-7-3-9-20(17)15-5-2-8-19(12-15)11-14-4-1-6-16(10-14)24-13-18(22)23/h1,4,6,10,15H,2-3,5,7-9,11-13H2,(H,22,23)/t15-/m1/s1. The van der Waals surface area contributed by atoms with E-state index in [2.05, 4.69) is 9.80 Å². The second kappa shape index (κ2) is 7.66. The number of benzene rings is 1. The third kappa shape index (κ3) is 4.26. The summed E-state index contributed by atoms with van der Waals surface area (Å²) >= 11 is 0. The van der Waals surface area contributed by atoms with E-state index in [0.717, 1.165) is 51.0 Å². The first-order chi connectivity index (χ1) is 11.6. The monoisotopic (exact) mass is 332 g/mol. The van der Waals surface area contributed by atoms with Gasteiger partial charge in [0, 0.05) is 32.1 Å². The van der Waals surface area contributed by atoms with Crippen molar-refractivity contribution in [2.45, 2.75) is 38.3 Å². The Hall–Kier alpha value is -2.08. The molecule has 24 heavy (non-hydrogen) atoms. The Morgan fingerprint density at radius 2 is 2.17 bits per heavy atom. The van der Waals surface area contributed by atoms with Crippen LogP contribution in [0.2, 0.25) is 0 Å². The molecule has 2 fully saturated rings. The highest BCUT2D eigenvalue weighted by molar-refractivity contribution is 5.78. The molecule has 2 aliphatic heterocycles. The van der Waals surface area contributed by atoms with Gasteiger partial charge in [-0.3, -0.25) is 9.69 Å². The summed E-state index contributed by atoms with van der Waals surface area (Å²) < 4.78 is 5.24. The van der Waals surface area contributed by atoms with Gasteiger partial charge >= 0.3 is 5.97 Å². The molecule has 1 aromatic rings. The maximum Gasteiger partial charge on any atom is 0.341 e. The van der Waals surface area contributed by atoms with E-state index in [9.17, 15) is 9.59 Å². The van der Waals surface area contributed by atoms with Gasteiger partial charge in [0.1, 0.15) is 5.75 Å². The third-order valence-corrected chi connectivity index (χ3v) is 4.70. The number of aliphatic carboxylic acids is 1. The molecule has 1 amide bonds. The zero-order valence-electron chi connectivity index (χ0n) is 13.8. The van der Waals surface area contributed by atoms with Crippen molar-refractivity contribution >= 4 is 11.9 Å². The Morgan fingerprint density at radius 1 is 1.29 bits per heavy atom. The minimum absolute atomic E-state index is 0.297. The number of amides is 1. The molecular formula is C18H24N2O4. The molecule has 0 aliphatic carbocycles. The Morgan fingerprint density at radius 3 is 2.92 bits per heavy atom. The molecule has 2 heterocycles. The number of piperidine rings is 1. The molecule has 6 nitrogen and oxygen atoms in total. The molecule has 6 heteroatoms. The van der Waals surface area contributed by atoms with Crippen LogP contribution in [0.3, 0.4) is 0 Å². The van der Waals surface area contributed by atoms with Gasteiger partial charge in [0.25, 0.3) is 0 Å². The van der Waals surface area contributed by atoms with Gasteiger partial charge in [-0.05, 0) is 43.5 Å². The highest BCUT2D eigenvalue weighted by atomic mass is 16.5. The fraction of sp³-hybridized carbons (Fsp3) is 0.556. The molecule has 2 saturated heterocycles. The van der Waals surface area contributed by atoms with Crippen LogP contribution in [0.25, 0.3) is 0 Å². The molecule has 0 radical (unpaired) electrons. The summed E-state index contributed by atoms with van der Waals surface area (Å²) in [6.45, 7) is 3.30. The number of carboxylic acids is 1. The van der Waals surface area contributed by atoms with Gasteiger partial charge in [-0.1, -0.05) is 12.1 Å². The van der Waals surface area contributed by atoms with E-state index in [-0.39, 0.29) is 6.61 Å². The van der Waals surface area contributed by atoms with E-state index in [4.69, 9.17) is 9.84 Å². The summed E-state index contributed by atoms with van der Waals surface area (Å²) in [4.78, 5) is 27.0. The highest BCUT2D eigenvalue weighted by Crippen LogP contribution is 2.23. The summed E-state index contributed by atoms with van der Waals surface area (Å²) in [6, 6.07) is 7.91. The molecule has 0 bridgehead atoms. The fourth-order valence-electron chi connectivity index (χ4n) is 3.62. The number of rotatable bonds is 6. The molecule has 1 atom stereocenters. The Kier molecular flexibility index (Phi) is 5.35. The van der Waals surface area contributed by atoms with Crippen molar-refractivity contribution < 1.29 is 19.4 Å². The van der Waals surface area contributed by atoms with E-state index < -0.39 is 5.97 Å². The first-order valence-electron chi connectivity index (χ1n) is 8.57. The average molecular weight is 332 g/mol. The number of nitrogens with zero attached hydrogens (tertiary/aromatic N) is 2. The van der Waals surface area contributed by atoms with Crippen molar-refractivity contribution in [3.05, 3.63) is 29.8 Å². The van der Waals surface area contributed by atoms with Crippen molar-refractivity contribution in [1.82, 2.24) is 9.80 Å². The lowest BCUT2D eigenvalue weighted by Crippen LogP contribution is -2.48. The summed E-state index contributed by atoms with van der Waals surface area (Å²) in [6.07, 6.45) is 3.87. The molecule has 2 aliphatic rings. The predicted octanol–water partition coefficient (Wildman–Crippen LogP) is 1.74. The van der Waals surface area contributed by atoms with Crippen molar-refractivity contribution in [1.29, 1.82) is 0 Å². The van der Waals surface area contributed by atoms with Gasteiger partial charge in [0.05, 0.1) is 0 Å². The van der Waals surface area contributed by atoms with Crippen LogP contribution in [0, 0.1) is 0 Å². The normalized spacial score (nSPS) is 21.9. The van der Waals surface area contributed by atoms with Gasteiger partial charge in [-0.2, -0.15) is 0 Å². The van der Waals surface area contributed by atoms with Crippen LogP contribution in [-0.4, -0.2) is 59.1 Å². The van der Waals surface area contributed by atoms with Crippen LogP contribution in [0.1, 0.15) is 31.2 Å². The van der Waals surface area contributed by atoms with Gasteiger partial charge in [0.15, 0.2) is 6.61 Å². The van der Waals surface area contributed by atoms with Gasteiger partial charge < -0.3 is 14.7 Å². The zero-order valence-corrected chi connectivity index (χ0v) is 13.8. The van der Waals surface area contributed by atoms with Crippen LogP contribution in [0.4, 0.5) is 0 Å². The molecule has 1 aromatic carbocycles. The molecule has 1 N–H and O–H groups in total. The number of likely N-dealkylation sites (tertiary alicyclic amines) is 2. The first-order valence-corrected chi connectivity index (χ1v) is 8.57. The maximum absolute atomic E-state index is 12.0. The first kappa shape index (κ1) is 16.8. The van der Waals surface area contributed by atoms with Crippen LogP contribution in [0.15, 0.2) is 24.3 Å². The number of carbonyl (C=O) groups is 2. The minimum Gasteiger partial charge on any atom is -0.482 e. The summed E-state index contributed by atoms with van der Waals surface area (Å²) in [5, 5.41) is 8.69. The van der Waals surface area contributed by atoms with Crippen LogP contribution in [0.5, 0.6) is 5.75 Å². The number of carbonyl (C=O) groups excluding carboxylic acids is 1. The quantitative estimate of drug-likeness (QED) is 0.859. The predicted molar refractivity (Wildman–Crippen MR) is 88.8 cm³/mol. The maximum atomic E-state index is 12.0. The summed E-state index contributed by atoms with van der Waals surface area (Å²) in [5.74, 6) is -0.0985. The number of ether oxygens (including phenoxy) is 1. The van der Waals surface area contributed by atoms with Crippen LogP contribution >= 0.6 is 0 Å². The minimum atomic E-state index is -0.977. The van der Waals surface area contributed by atoms with E-state index in [1.54, 1.807) is 6.07 Å². The lowest BCUT2D eigenvalue weighted by Gasteiger charge is -2.37. The van der Waals surface area contributed by atoms with Crippen molar-refractivity contribution in [2.75, 3.05) is 26.2 Å². The molecule has 130 valence electrons. The van der Waals surface area contributed by atoms with E-state index in [1.807, 2.05) is 18.2 Å². The third-order valence-electron chi connectivity index (χ3n) is 4.70. The Labute approximate surface area is 142 Å². The topological polar surface area (TPSA) is 70.1 Å². The van der Waals surface area contributed by atoms with Crippen LogP contribution in [-0.2, 0) is 16.1 Å². The Bertz CT molecular complexity index is 604. The van der Waals surface area contributed by atoms with E-state index >= 15 is 0 Å².